The molecule has 0 saturated carbocycles. The lowest BCUT2D eigenvalue weighted by atomic mass is 10.1. The van der Waals surface area contributed by atoms with E-state index >= 15 is 0 Å². The molecule has 0 aliphatic carbocycles. The minimum Gasteiger partial charge on any atom is -0.378 e. The Morgan fingerprint density at radius 2 is 2.05 bits per heavy atom. The third-order valence-electron chi connectivity index (χ3n) is 3.37. The number of carbonyl (C=O) groups excluding carboxylic acids is 1. The SMILES string of the molecule is CC(CN)C(=O)Nc1cc(Br)ccc1N1CCOCC1.Cl.Cl. The lowest BCUT2D eigenvalue weighted by Crippen LogP contribution is -2.37. The topological polar surface area (TPSA) is 67.6 Å². The van der Waals surface area contributed by atoms with E-state index in [-0.39, 0.29) is 36.6 Å². The first-order valence-electron chi connectivity index (χ1n) is 6.75. The molecule has 0 aromatic heterocycles. The number of halogens is 3. The van der Waals surface area contributed by atoms with Crippen molar-refractivity contribution in [2.75, 3.05) is 43.1 Å². The van der Waals surface area contributed by atoms with Crippen LogP contribution in [0.1, 0.15) is 6.92 Å². The molecule has 0 spiro atoms. The van der Waals surface area contributed by atoms with Gasteiger partial charge in [0.2, 0.25) is 5.91 Å². The summed E-state index contributed by atoms with van der Waals surface area (Å²) in [6.07, 6.45) is 0. The Morgan fingerprint density at radius 1 is 1.41 bits per heavy atom. The maximum absolute atomic E-state index is 12.0. The summed E-state index contributed by atoms with van der Waals surface area (Å²) in [5.74, 6) is -0.258. The van der Waals surface area contributed by atoms with Crippen molar-refractivity contribution in [1.82, 2.24) is 0 Å². The summed E-state index contributed by atoms with van der Waals surface area (Å²) in [6, 6.07) is 5.91. The molecule has 0 radical (unpaired) electrons. The van der Waals surface area contributed by atoms with Gasteiger partial charge in [0.1, 0.15) is 0 Å². The standard InChI is InChI=1S/C14H20BrN3O2.2ClH/c1-10(9-16)14(19)17-12-8-11(15)2-3-13(12)18-4-6-20-7-5-18;;/h2-3,8,10H,4-7,9,16H2,1H3,(H,17,19);2*1H. The highest BCUT2D eigenvalue weighted by Gasteiger charge is 2.18. The summed E-state index contributed by atoms with van der Waals surface area (Å²) in [5, 5.41) is 2.97. The summed E-state index contributed by atoms with van der Waals surface area (Å²) in [7, 11) is 0. The van der Waals surface area contributed by atoms with Crippen LogP contribution in [0, 0.1) is 5.92 Å². The average molecular weight is 415 g/mol. The first kappa shape index (κ1) is 21.5. The molecule has 1 fully saturated rings. The second kappa shape index (κ2) is 10.3. The second-order valence-electron chi connectivity index (χ2n) is 4.89. The summed E-state index contributed by atoms with van der Waals surface area (Å²) in [6.45, 7) is 5.24. The van der Waals surface area contributed by atoms with Crippen molar-refractivity contribution >= 4 is 58.0 Å². The molecule has 1 aliphatic heterocycles. The van der Waals surface area contributed by atoms with E-state index < -0.39 is 0 Å². The van der Waals surface area contributed by atoms with Gasteiger partial charge >= 0.3 is 0 Å². The van der Waals surface area contributed by atoms with Crippen molar-refractivity contribution < 1.29 is 9.53 Å². The number of carbonyl (C=O) groups is 1. The van der Waals surface area contributed by atoms with E-state index in [1.807, 2.05) is 25.1 Å². The van der Waals surface area contributed by atoms with Crippen LogP contribution in [-0.2, 0) is 9.53 Å². The lowest BCUT2D eigenvalue weighted by Gasteiger charge is -2.30. The highest BCUT2D eigenvalue weighted by Crippen LogP contribution is 2.30. The van der Waals surface area contributed by atoms with E-state index in [4.69, 9.17) is 10.5 Å². The number of hydrogen-bond donors (Lipinski definition) is 2. The molecule has 5 nitrogen and oxygen atoms in total. The Morgan fingerprint density at radius 3 is 2.64 bits per heavy atom. The van der Waals surface area contributed by atoms with Gasteiger partial charge in [-0.05, 0) is 18.2 Å². The van der Waals surface area contributed by atoms with Crippen molar-refractivity contribution in [1.29, 1.82) is 0 Å². The molecule has 1 saturated heterocycles. The van der Waals surface area contributed by atoms with Crippen LogP contribution >= 0.6 is 40.7 Å². The van der Waals surface area contributed by atoms with Crippen LogP contribution in [-0.4, -0.2) is 38.8 Å². The molecule has 1 amide bonds. The van der Waals surface area contributed by atoms with Gasteiger partial charge in [-0.25, -0.2) is 0 Å². The molecule has 1 atom stereocenters. The van der Waals surface area contributed by atoms with Gasteiger partial charge < -0.3 is 20.7 Å². The van der Waals surface area contributed by atoms with Gasteiger partial charge in [-0.1, -0.05) is 22.9 Å². The summed E-state index contributed by atoms with van der Waals surface area (Å²) < 4.78 is 6.30. The van der Waals surface area contributed by atoms with Gasteiger partial charge in [-0.15, -0.1) is 24.8 Å². The fourth-order valence-electron chi connectivity index (χ4n) is 2.05. The largest absolute Gasteiger partial charge is 0.378 e. The molecule has 1 heterocycles. The molecule has 1 aromatic rings. The van der Waals surface area contributed by atoms with Crippen LogP contribution in [0.5, 0.6) is 0 Å². The molecule has 3 N–H and O–H groups in total. The zero-order valence-electron chi connectivity index (χ0n) is 12.4. The third-order valence-corrected chi connectivity index (χ3v) is 3.86. The van der Waals surface area contributed by atoms with Gasteiger partial charge in [-0.2, -0.15) is 0 Å². The highest BCUT2D eigenvalue weighted by molar-refractivity contribution is 9.10. The fraction of sp³-hybridized carbons (Fsp3) is 0.500. The Kier molecular flexibility index (Phi) is 10.0. The predicted molar refractivity (Wildman–Crippen MR) is 98.5 cm³/mol. The van der Waals surface area contributed by atoms with Crippen molar-refractivity contribution in [2.45, 2.75) is 6.92 Å². The van der Waals surface area contributed by atoms with E-state index in [0.717, 1.165) is 28.9 Å². The van der Waals surface area contributed by atoms with Crippen molar-refractivity contribution in [3.63, 3.8) is 0 Å². The number of rotatable bonds is 4. The van der Waals surface area contributed by atoms with Crippen molar-refractivity contribution in [3.05, 3.63) is 22.7 Å². The van der Waals surface area contributed by atoms with Gasteiger partial charge in [0, 0.05) is 30.0 Å². The Balaban J connectivity index is 0.00000220. The maximum atomic E-state index is 12.0. The molecule has 1 unspecified atom stereocenters. The molecule has 1 aromatic carbocycles. The zero-order valence-corrected chi connectivity index (χ0v) is 15.6. The van der Waals surface area contributed by atoms with E-state index in [2.05, 4.69) is 26.1 Å². The van der Waals surface area contributed by atoms with Crippen LogP contribution in [0.25, 0.3) is 0 Å². The average Bonchev–Trinajstić information content (AvgIpc) is 2.47. The quantitative estimate of drug-likeness (QED) is 0.794. The normalized spacial score (nSPS) is 15.3. The number of amides is 1. The molecular formula is C14H22BrCl2N3O2. The van der Waals surface area contributed by atoms with Gasteiger partial charge in [0.15, 0.2) is 0 Å². The highest BCUT2D eigenvalue weighted by atomic mass is 79.9. The third kappa shape index (κ3) is 5.59. The smallest absolute Gasteiger partial charge is 0.228 e. The molecule has 0 bridgehead atoms. The number of hydrogen-bond acceptors (Lipinski definition) is 4. The summed E-state index contributed by atoms with van der Waals surface area (Å²) in [4.78, 5) is 14.3. The summed E-state index contributed by atoms with van der Waals surface area (Å²) >= 11 is 3.45. The van der Waals surface area contributed by atoms with Crippen LogP contribution in [0.3, 0.4) is 0 Å². The van der Waals surface area contributed by atoms with E-state index in [9.17, 15) is 4.79 Å². The molecule has 126 valence electrons. The van der Waals surface area contributed by atoms with Crippen LogP contribution < -0.4 is 16.0 Å². The van der Waals surface area contributed by atoms with E-state index in [1.165, 1.54) is 0 Å². The first-order chi connectivity index (χ1) is 9.61. The van der Waals surface area contributed by atoms with Crippen LogP contribution in [0.4, 0.5) is 11.4 Å². The maximum Gasteiger partial charge on any atom is 0.228 e. The molecule has 22 heavy (non-hydrogen) atoms. The number of morpholine rings is 1. The minimum atomic E-state index is -0.202. The van der Waals surface area contributed by atoms with Crippen molar-refractivity contribution in [2.24, 2.45) is 11.7 Å². The first-order valence-corrected chi connectivity index (χ1v) is 7.54. The van der Waals surface area contributed by atoms with Gasteiger partial charge in [0.05, 0.1) is 24.6 Å². The summed E-state index contributed by atoms with van der Waals surface area (Å²) in [5.41, 5.74) is 7.37. The Bertz CT molecular complexity index is 485. The van der Waals surface area contributed by atoms with Gasteiger partial charge in [0.25, 0.3) is 0 Å². The van der Waals surface area contributed by atoms with Crippen LogP contribution in [0.2, 0.25) is 0 Å². The number of benzene rings is 1. The minimum absolute atomic E-state index is 0. The predicted octanol–water partition coefficient (Wildman–Crippen LogP) is 2.66. The Hall–Kier alpha value is -0.530. The number of nitrogens with one attached hydrogen (secondary N) is 1. The number of anilines is 2. The van der Waals surface area contributed by atoms with Gasteiger partial charge in [-0.3, -0.25) is 4.79 Å². The molecule has 1 aliphatic rings. The zero-order chi connectivity index (χ0) is 14.5. The van der Waals surface area contributed by atoms with E-state index in [0.29, 0.717) is 19.8 Å². The van der Waals surface area contributed by atoms with Crippen molar-refractivity contribution in [3.8, 4) is 0 Å². The lowest BCUT2D eigenvalue weighted by molar-refractivity contribution is -0.119. The molecule has 2 rings (SSSR count). The second-order valence-corrected chi connectivity index (χ2v) is 5.80. The molecular weight excluding hydrogens is 393 g/mol. The number of nitrogens with two attached hydrogens (primary N) is 1. The van der Waals surface area contributed by atoms with Crippen LogP contribution in [0.15, 0.2) is 22.7 Å². The Labute approximate surface area is 151 Å². The molecule has 8 heteroatoms. The number of ether oxygens (including phenoxy) is 1. The monoisotopic (exact) mass is 413 g/mol. The fourth-order valence-corrected chi connectivity index (χ4v) is 2.41. The van der Waals surface area contributed by atoms with E-state index in [1.54, 1.807) is 0 Å². The number of nitrogens with zero attached hydrogens (tertiary/aromatic N) is 1.